The van der Waals surface area contributed by atoms with Crippen molar-refractivity contribution in [3.8, 4) is 0 Å². The second-order valence-corrected chi connectivity index (χ2v) is 5.70. The zero-order valence-electron chi connectivity index (χ0n) is 12.2. The molecule has 22 heavy (non-hydrogen) atoms. The Morgan fingerprint density at radius 1 is 1.27 bits per heavy atom. The van der Waals surface area contributed by atoms with Gasteiger partial charge in [0.25, 0.3) is 5.91 Å². The van der Waals surface area contributed by atoms with Crippen molar-refractivity contribution in [2.24, 2.45) is 0 Å². The molecule has 2 rings (SSSR count). The fourth-order valence-corrected chi connectivity index (χ4v) is 2.22. The summed E-state index contributed by atoms with van der Waals surface area (Å²) >= 11 is 3.43. The SMILES string of the molecule is Cc1ccc(NC(=O)CCCNC(=O)c2ccco2)cc1Br. The monoisotopic (exact) mass is 364 g/mol. The van der Waals surface area contributed by atoms with Crippen LogP contribution in [0.3, 0.4) is 0 Å². The highest BCUT2D eigenvalue weighted by atomic mass is 79.9. The molecule has 0 aliphatic heterocycles. The van der Waals surface area contributed by atoms with E-state index in [1.54, 1.807) is 12.1 Å². The molecule has 0 radical (unpaired) electrons. The van der Waals surface area contributed by atoms with Crippen molar-refractivity contribution < 1.29 is 14.0 Å². The van der Waals surface area contributed by atoms with Gasteiger partial charge in [-0.3, -0.25) is 9.59 Å². The minimum absolute atomic E-state index is 0.0806. The molecular formula is C16H17BrN2O3. The van der Waals surface area contributed by atoms with E-state index in [1.807, 2.05) is 25.1 Å². The van der Waals surface area contributed by atoms with Crippen LogP contribution < -0.4 is 10.6 Å². The van der Waals surface area contributed by atoms with Crippen LogP contribution >= 0.6 is 15.9 Å². The molecule has 6 heteroatoms. The normalized spacial score (nSPS) is 10.3. The van der Waals surface area contributed by atoms with Crippen molar-refractivity contribution in [3.63, 3.8) is 0 Å². The first-order chi connectivity index (χ1) is 10.6. The quantitative estimate of drug-likeness (QED) is 0.770. The van der Waals surface area contributed by atoms with Crippen LogP contribution in [-0.4, -0.2) is 18.4 Å². The highest BCUT2D eigenvalue weighted by molar-refractivity contribution is 9.10. The highest BCUT2D eigenvalue weighted by Crippen LogP contribution is 2.20. The minimum Gasteiger partial charge on any atom is -0.459 e. The molecule has 0 saturated carbocycles. The zero-order valence-corrected chi connectivity index (χ0v) is 13.8. The Bertz CT molecular complexity index is 653. The lowest BCUT2D eigenvalue weighted by Crippen LogP contribution is -2.25. The van der Waals surface area contributed by atoms with Crippen molar-refractivity contribution in [1.82, 2.24) is 5.32 Å². The van der Waals surface area contributed by atoms with E-state index in [4.69, 9.17) is 4.42 Å². The van der Waals surface area contributed by atoms with E-state index < -0.39 is 0 Å². The maximum absolute atomic E-state index is 11.8. The fourth-order valence-electron chi connectivity index (χ4n) is 1.84. The molecule has 0 aliphatic carbocycles. The number of aryl methyl sites for hydroxylation is 1. The molecule has 1 aromatic carbocycles. The first kappa shape index (κ1) is 16.3. The van der Waals surface area contributed by atoms with Crippen LogP contribution in [0.4, 0.5) is 5.69 Å². The number of furan rings is 1. The summed E-state index contributed by atoms with van der Waals surface area (Å²) in [5.74, 6) is -0.0789. The predicted molar refractivity (Wildman–Crippen MR) is 87.8 cm³/mol. The maximum Gasteiger partial charge on any atom is 0.286 e. The van der Waals surface area contributed by atoms with Gasteiger partial charge in [0, 0.05) is 23.1 Å². The van der Waals surface area contributed by atoms with Gasteiger partial charge in [-0.2, -0.15) is 0 Å². The van der Waals surface area contributed by atoms with E-state index in [2.05, 4.69) is 26.6 Å². The summed E-state index contributed by atoms with van der Waals surface area (Å²) in [4.78, 5) is 23.4. The number of anilines is 1. The van der Waals surface area contributed by atoms with Crippen LogP contribution in [0, 0.1) is 6.92 Å². The summed E-state index contributed by atoms with van der Waals surface area (Å²) in [5.41, 5.74) is 1.86. The van der Waals surface area contributed by atoms with Gasteiger partial charge in [0.1, 0.15) is 0 Å². The van der Waals surface area contributed by atoms with Gasteiger partial charge in [-0.1, -0.05) is 22.0 Å². The van der Waals surface area contributed by atoms with Crippen LogP contribution in [-0.2, 0) is 4.79 Å². The Morgan fingerprint density at radius 3 is 2.77 bits per heavy atom. The van der Waals surface area contributed by atoms with Gasteiger partial charge < -0.3 is 15.1 Å². The van der Waals surface area contributed by atoms with Crippen molar-refractivity contribution >= 4 is 33.4 Å². The van der Waals surface area contributed by atoms with Crippen molar-refractivity contribution in [1.29, 1.82) is 0 Å². The number of rotatable bonds is 6. The number of benzene rings is 1. The third-order valence-corrected chi connectivity index (χ3v) is 3.92. The van der Waals surface area contributed by atoms with Crippen molar-refractivity contribution in [2.75, 3.05) is 11.9 Å². The smallest absolute Gasteiger partial charge is 0.286 e. The van der Waals surface area contributed by atoms with E-state index in [0.29, 0.717) is 19.4 Å². The van der Waals surface area contributed by atoms with E-state index in [0.717, 1.165) is 15.7 Å². The second-order valence-electron chi connectivity index (χ2n) is 4.85. The summed E-state index contributed by atoms with van der Waals surface area (Å²) in [6, 6.07) is 8.91. The Kier molecular flexibility index (Phi) is 5.77. The number of hydrogen-bond acceptors (Lipinski definition) is 3. The molecule has 1 aromatic heterocycles. The first-order valence-electron chi connectivity index (χ1n) is 6.94. The third kappa shape index (κ3) is 4.73. The van der Waals surface area contributed by atoms with Crippen LogP contribution in [0.25, 0.3) is 0 Å². The zero-order chi connectivity index (χ0) is 15.9. The molecule has 0 atom stereocenters. The third-order valence-electron chi connectivity index (χ3n) is 3.07. The molecule has 5 nitrogen and oxygen atoms in total. The first-order valence-corrected chi connectivity index (χ1v) is 7.73. The molecule has 2 amide bonds. The van der Waals surface area contributed by atoms with E-state index in [1.165, 1.54) is 6.26 Å². The van der Waals surface area contributed by atoms with Gasteiger partial charge >= 0.3 is 0 Å². The average Bonchev–Trinajstić information content (AvgIpc) is 3.01. The number of hydrogen-bond donors (Lipinski definition) is 2. The molecule has 0 bridgehead atoms. The topological polar surface area (TPSA) is 71.3 Å². The van der Waals surface area contributed by atoms with Crippen LogP contribution in [0.1, 0.15) is 29.0 Å². The molecule has 116 valence electrons. The molecule has 1 heterocycles. The van der Waals surface area contributed by atoms with Crippen LogP contribution in [0.15, 0.2) is 45.5 Å². The molecule has 2 aromatic rings. The van der Waals surface area contributed by atoms with Crippen LogP contribution in [0.5, 0.6) is 0 Å². The summed E-state index contributed by atoms with van der Waals surface area (Å²) in [6.45, 7) is 2.40. The summed E-state index contributed by atoms with van der Waals surface area (Å²) in [6.07, 6.45) is 2.34. The van der Waals surface area contributed by atoms with Gasteiger partial charge in [-0.15, -0.1) is 0 Å². The maximum atomic E-state index is 11.8. The van der Waals surface area contributed by atoms with E-state index in [-0.39, 0.29) is 17.6 Å². The standard InChI is InChI=1S/C16H17BrN2O3/c1-11-6-7-12(10-13(11)17)19-15(20)5-2-8-18-16(21)14-4-3-9-22-14/h3-4,6-7,9-10H,2,5,8H2,1H3,(H,18,21)(H,19,20). The summed E-state index contributed by atoms with van der Waals surface area (Å²) in [5, 5.41) is 5.53. The highest BCUT2D eigenvalue weighted by Gasteiger charge is 2.08. The Labute approximate surface area is 137 Å². The van der Waals surface area contributed by atoms with Crippen LogP contribution in [0.2, 0.25) is 0 Å². The van der Waals surface area contributed by atoms with Crippen molar-refractivity contribution in [2.45, 2.75) is 19.8 Å². The average molecular weight is 365 g/mol. The largest absolute Gasteiger partial charge is 0.459 e. The molecule has 2 N–H and O–H groups in total. The van der Waals surface area contributed by atoms with Crippen molar-refractivity contribution in [3.05, 3.63) is 52.4 Å². The number of amides is 2. The Hall–Kier alpha value is -2.08. The molecule has 0 aliphatic rings. The molecule has 0 fully saturated rings. The van der Waals surface area contributed by atoms with E-state index in [9.17, 15) is 9.59 Å². The lowest BCUT2D eigenvalue weighted by Gasteiger charge is -2.07. The number of carbonyl (C=O) groups is 2. The molecule has 0 unspecified atom stereocenters. The number of carbonyl (C=O) groups excluding carboxylic acids is 2. The Morgan fingerprint density at radius 2 is 2.09 bits per heavy atom. The fraction of sp³-hybridized carbons (Fsp3) is 0.250. The van der Waals surface area contributed by atoms with Gasteiger partial charge in [-0.25, -0.2) is 0 Å². The second kappa shape index (κ2) is 7.79. The number of halogens is 1. The molecular weight excluding hydrogens is 348 g/mol. The summed E-state index contributed by atoms with van der Waals surface area (Å²) in [7, 11) is 0. The predicted octanol–water partition coefficient (Wildman–Crippen LogP) is 3.50. The summed E-state index contributed by atoms with van der Waals surface area (Å²) < 4.78 is 5.93. The van der Waals surface area contributed by atoms with Gasteiger partial charge in [0.2, 0.25) is 5.91 Å². The lowest BCUT2D eigenvalue weighted by atomic mass is 10.2. The Balaban J connectivity index is 1.69. The van der Waals surface area contributed by atoms with E-state index >= 15 is 0 Å². The lowest BCUT2D eigenvalue weighted by molar-refractivity contribution is -0.116. The minimum atomic E-state index is -0.270. The van der Waals surface area contributed by atoms with Gasteiger partial charge in [-0.05, 0) is 43.2 Å². The van der Waals surface area contributed by atoms with Gasteiger partial charge in [0.15, 0.2) is 5.76 Å². The van der Waals surface area contributed by atoms with Gasteiger partial charge in [0.05, 0.1) is 6.26 Å². The number of nitrogens with one attached hydrogen (secondary N) is 2. The molecule has 0 saturated heterocycles. The molecule has 0 spiro atoms.